The predicted molar refractivity (Wildman–Crippen MR) is 109 cm³/mol. The molecule has 0 aromatic carbocycles. The fourth-order valence-corrected chi connectivity index (χ4v) is 5.27. The largest absolute Gasteiger partial charge is 0.338 e. The summed E-state index contributed by atoms with van der Waals surface area (Å²) < 4.78 is 28.1. The zero-order valence-corrected chi connectivity index (χ0v) is 18.3. The highest BCUT2D eigenvalue weighted by molar-refractivity contribution is 6.01. The summed E-state index contributed by atoms with van der Waals surface area (Å²) in [5, 5.41) is 2.88. The molecule has 0 aromatic rings. The fraction of sp³-hybridized carbons (Fsp3) is 0.864. The van der Waals surface area contributed by atoms with Crippen molar-refractivity contribution in [3.8, 4) is 0 Å². The lowest BCUT2D eigenvalue weighted by molar-refractivity contribution is -0.145. The van der Waals surface area contributed by atoms with Crippen molar-refractivity contribution in [2.24, 2.45) is 17.8 Å². The summed E-state index contributed by atoms with van der Waals surface area (Å²) in [5.74, 6) is -1.21. The number of carbonyl (C=O) groups excluding carboxylic acids is 3. The summed E-state index contributed by atoms with van der Waals surface area (Å²) in [6.45, 7) is 5.79. The highest BCUT2D eigenvalue weighted by atomic mass is 19.1. The lowest BCUT2D eigenvalue weighted by Crippen LogP contribution is -2.63. The first kappa shape index (κ1) is 22.9. The number of amides is 4. The van der Waals surface area contributed by atoms with Crippen LogP contribution in [0, 0.1) is 17.8 Å². The van der Waals surface area contributed by atoms with E-state index in [4.69, 9.17) is 0 Å². The molecule has 3 fully saturated rings. The van der Waals surface area contributed by atoms with Crippen molar-refractivity contribution in [2.45, 2.75) is 90.1 Å². The smallest absolute Gasteiger partial charge is 0.324 e. The molecule has 3 rings (SSSR count). The van der Waals surface area contributed by atoms with Crippen LogP contribution in [-0.4, -0.2) is 65.2 Å². The summed E-state index contributed by atoms with van der Waals surface area (Å²) in [6, 6.07) is -1.08. The minimum atomic E-state index is -1.30. The van der Waals surface area contributed by atoms with E-state index in [2.05, 4.69) is 5.32 Å². The van der Waals surface area contributed by atoms with Crippen molar-refractivity contribution >= 4 is 17.8 Å². The number of nitrogens with zero attached hydrogens (tertiary/aromatic N) is 2. The van der Waals surface area contributed by atoms with Gasteiger partial charge in [-0.15, -0.1) is 0 Å². The van der Waals surface area contributed by atoms with Crippen LogP contribution in [-0.2, 0) is 9.59 Å². The molecule has 6 unspecified atom stereocenters. The Morgan fingerprint density at radius 3 is 2.50 bits per heavy atom. The van der Waals surface area contributed by atoms with Gasteiger partial charge in [0.05, 0.1) is 5.92 Å². The number of imide groups is 1. The zero-order chi connectivity index (χ0) is 22.0. The first-order valence-corrected chi connectivity index (χ1v) is 11.4. The molecule has 0 radical (unpaired) electrons. The lowest BCUT2D eigenvalue weighted by atomic mass is 9.81. The lowest BCUT2D eigenvalue weighted by Gasteiger charge is -2.42. The molecule has 3 aliphatic rings. The Kier molecular flexibility index (Phi) is 7.34. The average molecular weight is 428 g/mol. The van der Waals surface area contributed by atoms with Gasteiger partial charge in [0.2, 0.25) is 11.8 Å². The van der Waals surface area contributed by atoms with E-state index < -0.39 is 30.3 Å². The summed E-state index contributed by atoms with van der Waals surface area (Å²) >= 11 is 0. The molecule has 2 aliphatic carbocycles. The third-order valence-electron chi connectivity index (χ3n) is 6.95. The monoisotopic (exact) mass is 427 g/mol. The van der Waals surface area contributed by atoms with E-state index in [9.17, 15) is 23.2 Å². The minimum Gasteiger partial charge on any atom is -0.338 e. The molecular weight excluding hydrogens is 392 g/mol. The Morgan fingerprint density at radius 2 is 1.83 bits per heavy atom. The predicted octanol–water partition coefficient (Wildman–Crippen LogP) is 3.45. The summed E-state index contributed by atoms with van der Waals surface area (Å²) in [5.41, 5.74) is 0. The molecule has 4 amide bonds. The van der Waals surface area contributed by atoms with E-state index in [1.54, 1.807) is 11.8 Å². The van der Waals surface area contributed by atoms with Crippen molar-refractivity contribution in [2.75, 3.05) is 13.1 Å². The third kappa shape index (κ3) is 4.94. The summed E-state index contributed by atoms with van der Waals surface area (Å²) in [6.07, 6.45) is 1.56. The van der Waals surface area contributed by atoms with Crippen LogP contribution in [0.2, 0.25) is 0 Å². The number of alkyl halides is 2. The van der Waals surface area contributed by atoms with Crippen LogP contribution in [0.4, 0.5) is 13.6 Å². The summed E-state index contributed by atoms with van der Waals surface area (Å²) in [7, 11) is 0. The molecule has 1 saturated heterocycles. The molecular formula is C22H35F2N3O3. The van der Waals surface area contributed by atoms with E-state index >= 15 is 0 Å². The van der Waals surface area contributed by atoms with Gasteiger partial charge in [0, 0.05) is 31.0 Å². The number of hydrogen-bond donors (Lipinski definition) is 1. The van der Waals surface area contributed by atoms with Gasteiger partial charge in [-0.25, -0.2) is 13.6 Å². The van der Waals surface area contributed by atoms with E-state index in [0.717, 1.165) is 30.6 Å². The van der Waals surface area contributed by atoms with Crippen molar-refractivity contribution in [3.05, 3.63) is 0 Å². The number of carbonyl (C=O) groups is 3. The Labute approximate surface area is 177 Å². The van der Waals surface area contributed by atoms with Gasteiger partial charge >= 0.3 is 6.03 Å². The first-order chi connectivity index (χ1) is 14.2. The van der Waals surface area contributed by atoms with Gasteiger partial charge in [-0.3, -0.25) is 14.5 Å². The van der Waals surface area contributed by atoms with E-state index in [-0.39, 0.29) is 42.7 Å². The second-order valence-corrected chi connectivity index (χ2v) is 9.64. The van der Waals surface area contributed by atoms with Gasteiger partial charge in [0.25, 0.3) is 0 Å². The summed E-state index contributed by atoms with van der Waals surface area (Å²) in [4.78, 5) is 41.3. The highest BCUT2D eigenvalue weighted by Gasteiger charge is 2.44. The molecule has 0 spiro atoms. The zero-order valence-electron chi connectivity index (χ0n) is 18.3. The maximum atomic E-state index is 14.6. The molecule has 6 nitrogen and oxygen atoms in total. The second-order valence-electron chi connectivity index (χ2n) is 9.64. The molecule has 0 aromatic heterocycles. The molecule has 6 atom stereocenters. The number of nitrogens with one attached hydrogen (secondary N) is 1. The van der Waals surface area contributed by atoms with Gasteiger partial charge in [-0.05, 0) is 38.5 Å². The van der Waals surface area contributed by atoms with Crippen LogP contribution in [0.1, 0.15) is 65.7 Å². The van der Waals surface area contributed by atoms with Gasteiger partial charge in [-0.2, -0.15) is 0 Å². The Bertz CT molecular complexity index is 660. The Hall–Kier alpha value is -1.73. The number of halogens is 2. The quantitative estimate of drug-likeness (QED) is 0.706. The van der Waals surface area contributed by atoms with Crippen LogP contribution in [0.15, 0.2) is 0 Å². The van der Waals surface area contributed by atoms with Crippen molar-refractivity contribution in [1.29, 1.82) is 0 Å². The van der Waals surface area contributed by atoms with Gasteiger partial charge in [0.1, 0.15) is 18.9 Å². The third-order valence-corrected chi connectivity index (χ3v) is 6.95. The minimum absolute atomic E-state index is 0.130. The Balaban J connectivity index is 1.71. The maximum absolute atomic E-state index is 14.6. The SMILES string of the molecule is CC(C)CN(C(=O)CN1C(=O)NC2CCCCC2C1=O)C(C)C1CCC(F)CC1F. The number of fused-ring (bicyclic) bond motifs is 1. The van der Waals surface area contributed by atoms with E-state index in [1.807, 2.05) is 13.8 Å². The Morgan fingerprint density at radius 1 is 1.13 bits per heavy atom. The van der Waals surface area contributed by atoms with Gasteiger partial charge in [-0.1, -0.05) is 26.7 Å². The van der Waals surface area contributed by atoms with E-state index in [0.29, 0.717) is 19.4 Å². The van der Waals surface area contributed by atoms with Crippen molar-refractivity contribution in [3.63, 3.8) is 0 Å². The van der Waals surface area contributed by atoms with Crippen LogP contribution < -0.4 is 5.32 Å². The number of rotatable bonds is 6. The topological polar surface area (TPSA) is 69.7 Å². The molecule has 1 aliphatic heterocycles. The molecule has 8 heteroatoms. The molecule has 1 heterocycles. The normalized spacial score (nSPS) is 33.1. The van der Waals surface area contributed by atoms with Gasteiger partial charge < -0.3 is 10.2 Å². The number of urea groups is 1. The maximum Gasteiger partial charge on any atom is 0.324 e. The second kappa shape index (κ2) is 9.60. The number of hydrogen-bond acceptors (Lipinski definition) is 3. The fourth-order valence-electron chi connectivity index (χ4n) is 5.27. The average Bonchev–Trinajstić information content (AvgIpc) is 2.68. The standard InChI is InChI=1S/C22H35F2N3O3/c1-13(2)11-26(14(3)16-9-8-15(23)10-18(16)24)20(28)12-27-21(29)17-6-4-5-7-19(17)25-22(27)30/h13-19H,4-12H2,1-3H3,(H,25,30). The molecule has 170 valence electrons. The highest BCUT2D eigenvalue weighted by Crippen LogP contribution is 2.34. The van der Waals surface area contributed by atoms with E-state index in [1.165, 1.54) is 0 Å². The van der Waals surface area contributed by atoms with Crippen molar-refractivity contribution in [1.82, 2.24) is 15.1 Å². The van der Waals surface area contributed by atoms with Crippen molar-refractivity contribution < 1.29 is 23.2 Å². The molecule has 2 saturated carbocycles. The van der Waals surface area contributed by atoms with Gasteiger partial charge in [0.15, 0.2) is 0 Å². The van der Waals surface area contributed by atoms with Crippen LogP contribution in [0.3, 0.4) is 0 Å². The van der Waals surface area contributed by atoms with Crippen LogP contribution >= 0.6 is 0 Å². The molecule has 0 bridgehead atoms. The van der Waals surface area contributed by atoms with Crippen LogP contribution in [0.25, 0.3) is 0 Å². The first-order valence-electron chi connectivity index (χ1n) is 11.4. The molecule has 1 N–H and O–H groups in total. The molecule has 30 heavy (non-hydrogen) atoms. The van der Waals surface area contributed by atoms with Crippen LogP contribution in [0.5, 0.6) is 0 Å².